The van der Waals surface area contributed by atoms with E-state index in [1.165, 1.54) is 28.9 Å². The van der Waals surface area contributed by atoms with E-state index in [0.29, 0.717) is 35.2 Å². The van der Waals surface area contributed by atoms with Crippen LogP contribution in [0, 0.1) is 5.95 Å². The zero-order valence-electron chi connectivity index (χ0n) is 22.9. The van der Waals surface area contributed by atoms with Gasteiger partial charge in [0.05, 0.1) is 28.4 Å². The first-order valence-electron chi connectivity index (χ1n) is 13.7. The number of benzene rings is 1. The third-order valence-electron chi connectivity index (χ3n) is 7.96. The van der Waals surface area contributed by atoms with Gasteiger partial charge in [-0.3, -0.25) is 4.79 Å². The number of nitrogens with zero attached hydrogens (tertiary/aromatic N) is 5. The smallest absolute Gasteiger partial charge is 0.387 e. The summed E-state index contributed by atoms with van der Waals surface area (Å²) in [5.41, 5.74) is 7.62. The Kier molecular flexibility index (Phi) is 4.22. The van der Waals surface area contributed by atoms with Crippen molar-refractivity contribution in [1.82, 2.24) is 24.5 Å². The molecule has 0 saturated heterocycles. The molecule has 2 atom stereocenters. The molecule has 1 aromatic carbocycles. The van der Waals surface area contributed by atoms with Crippen molar-refractivity contribution < 1.29 is 26.8 Å². The van der Waals surface area contributed by atoms with E-state index in [-0.39, 0.29) is 34.7 Å². The van der Waals surface area contributed by atoms with Crippen molar-refractivity contribution in [2.75, 3.05) is 6.98 Å². The average molecular weight is 524 g/mol. The maximum Gasteiger partial charge on any atom is 0.387 e. The van der Waals surface area contributed by atoms with Gasteiger partial charge in [0.25, 0.3) is 5.91 Å². The number of pyridine rings is 1. The maximum atomic E-state index is 15.3. The molecule has 3 aromatic heterocycles. The van der Waals surface area contributed by atoms with Crippen LogP contribution in [0.5, 0.6) is 5.75 Å². The summed E-state index contributed by atoms with van der Waals surface area (Å²) in [5, 5.41) is 4.60. The summed E-state index contributed by atoms with van der Waals surface area (Å²) >= 11 is 0. The van der Waals surface area contributed by atoms with E-state index in [4.69, 9.17) is 14.6 Å². The molecule has 1 aliphatic heterocycles. The minimum Gasteiger partial charge on any atom is -0.434 e. The van der Waals surface area contributed by atoms with Crippen molar-refractivity contribution in [2.24, 2.45) is 5.73 Å². The molecule has 2 N–H and O–H groups in total. The molecule has 0 spiro atoms. The summed E-state index contributed by atoms with van der Waals surface area (Å²) < 4.78 is 72.8. The van der Waals surface area contributed by atoms with Crippen LogP contribution >= 0.6 is 0 Å². The Hall–Kier alpha value is -3.99. The van der Waals surface area contributed by atoms with Gasteiger partial charge in [-0.2, -0.15) is 18.3 Å². The Morgan fingerprint density at radius 2 is 2.08 bits per heavy atom. The zero-order valence-corrected chi connectivity index (χ0v) is 19.9. The summed E-state index contributed by atoms with van der Waals surface area (Å²) in [6.07, 6.45) is 5.35. The minimum atomic E-state index is -3.16. The Balaban J connectivity index is 1.42. The van der Waals surface area contributed by atoms with E-state index in [1.807, 2.05) is 0 Å². The second-order valence-electron chi connectivity index (χ2n) is 10.0. The van der Waals surface area contributed by atoms with E-state index in [1.54, 1.807) is 18.3 Å². The number of halogens is 3. The number of aromatic nitrogens is 4. The van der Waals surface area contributed by atoms with E-state index >= 15 is 4.39 Å². The van der Waals surface area contributed by atoms with Crippen molar-refractivity contribution in [2.45, 2.75) is 49.8 Å². The summed E-state index contributed by atoms with van der Waals surface area (Å²) in [5.74, 6) is -2.21. The molecule has 194 valence electrons. The van der Waals surface area contributed by atoms with Crippen molar-refractivity contribution in [3.8, 4) is 16.9 Å². The fraction of sp³-hybridized carbons (Fsp3) is 0.333. The highest BCUT2D eigenvalue weighted by Crippen LogP contribution is 2.53. The highest BCUT2D eigenvalue weighted by Gasteiger charge is 2.46. The molecule has 8 nitrogen and oxygen atoms in total. The van der Waals surface area contributed by atoms with Gasteiger partial charge in [0.2, 0.25) is 5.95 Å². The van der Waals surface area contributed by atoms with Gasteiger partial charge >= 0.3 is 6.61 Å². The van der Waals surface area contributed by atoms with Crippen LogP contribution in [-0.2, 0) is 5.54 Å². The Bertz CT molecular complexity index is 1740. The summed E-state index contributed by atoms with van der Waals surface area (Å²) in [7, 11) is 0. The van der Waals surface area contributed by atoms with Gasteiger partial charge in [-0.15, -0.1) is 0 Å². The van der Waals surface area contributed by atoms with Crippen LogP contribution in [0.2, 0.25) is 0 Å². The standard InChI is InChI=1S/C27H23F3N6O2/c1-35-18-11-15(20-14(24(35)37)4-2-5-19(20)38-26(29)30)21-17-10-13(6-9-36(17)34-22(18)21)16-12-32-25(33-23(16)28)27(31)7-3-8-27/h2,4-6,9-10,12,15,18,26H,3,7-8,11,31H2,1H3/t15-,18-/m1/s1/i1D3. The lowest BCUT2D eigenvalue weighted by Crippen LogP contribution is -2.45. The van der Waals surface area contributed by atoms with E-state index in [0.717, 1.165) is 11.3 Å². The maximum absolute atomic E-state index is 15.3. The number of carbonyl (C=O) groups excluding carboxylic acids is 1. The molecule has 0 radical (unpaired) electrons. The third-order valence-corrected chi connectivity index (χ3v) is 7.96. The quantitative estimate of drug-likeness (QED) is 0.395. The van der Waals surface area contributed by atoms with Crippen LogP contribution in [0.3, 0.4) is 0 Å². The fourth-order valence-electron chi connectivity index (χ4n) is 5.93. The highest BCUT2D eigenvalue weighted by atomic mass is 19.3. The van der Waals surface area contributed by atoms with Crippen LogP contribution in [0.4, 0.5) is 13.2 Å². The molecule has 1 saturated carbocycles. The van der Waals surface area contributed by atoms with Gasteiger partial charge in [-0.05, 0) is 55.5 Å². The zero-order chi connectivity index (χ0) is 28.8. The lowest BCUT2D eigenvalue weighted by Gasteiger charge is -2.36. The number of ether oxygens (including phenoxy) is 1. The first-order valence-corrected chi connectivity index (χ1v) is 12.2. The number of alkyl halides is 2. The molecular formula is C27H23F3N6O2. The molecule has 1 fully saturated rings. The lowest BCUT2D eigenvalue weighted by atomic mass is 9.77. The van der Waals surface area contributed by atoms with Gasteiger partial charge in [0.1, 0.15) is 5.75 Å². The number of hydrogen-bond donors (Lipinski definition) is 1. The Morgan fingerprint density at radius 1 is 1.24 bits per heavy atom. The van der Waals surface area contributed by atoms with E-state index in [2.05, 4.69) is 15.1 Å². The van der Waals surface area contributed by atoms with E-state index in [9.17, 15) is 13.6 Å². The topological polar surface area (TPSA) is 98.6 Å². The van der Waals surface area contributed by atoms with E-state index < -0.39 is 42.9 Å². The molecule has 2 aliphatic carbocycles. The molecule has 4 heterocycles. The normalized spacial score (nSPS) is 22.8. The molecule has 11 heteroatoms. The van der Waals surface area contributed by atoms with Gasteiger partial charge < -0.3 is 15.4 Å². The first kappa shape index (κ1) is 20.0. The Morgan fingerprint density at radius 3 is 2.79 bits per heavy atom. The summed E-state index contributed by atoms with van der Waals surface area (Å²) in [6, 6.07) is 6.45. The number of carbonyl (C=O) groups is 1. The molecule has 7 rings (SSSR count). The highest BCUT2D eigenvalue weighted by molar-refractivity contribution is 5.98. The van der Waals surface area contributed by atoms with Crippen molar-refractivity contribution in [3.05, 3.63) is 76.9 Å². The number of fused-ring (bicyclic) bond motifs is 9. The van der Waals surface area contributed by atoms with Crippen LogP contribution in [0.15, 0.2) is 42.7 Å². The van der Waals surface area contributed by atoms with Crippen LogP contribution in [-0.4, -0.2) is 44.0 Å². The molecule has 38 heavy (non-hydrogen) atoms. The fourth-order valence-corrected chi connectivity index (χ4v) is 5.93. The largest absolute Gasteiger partial charge is 0.434 e. The monoisotopic (exact) mass is 523 g/mol. The predicted octanol–water partition coefficient (Wildman–Crippen LogP) is 4.53. The van der Waals surface area contributed by atoms with Crippen LogP contribution in [0.1, 0.15) is 74.8 Å². The number of rotatable bonds is 4. The predicted molar refractivity (Wildman–Crippen MR) is 130 cm³/mol. The van der Waals surface area contributed by atoms with Crippen molar-refractivity contribution in [3.63, 3.8) is 0 Å². The molecule has 1 amide bonds. The second kappa shape index (κ2) is 8.00. The van der Waals surface area contributed by atoms with Crippen molar-refractivity contribution >= 4 is 11.4 Å². The van der Waals surface area contributed by atoms with Crippen molar-refractivity contribution in [1.29, 1.82) is 0 Å². The lowest BCUT2D eigenvalue weighted by molar-refractivity contribution is -0.0505. The number of nitrogens with two attached hydrogens (primary N) is 1. The summed E-state index contributed by atoms with van der Waals surface area (Å²) in [4.78, 5) is 22.7. The second-order valence-corrected chi connectivity index (χ2v) is 10.0. The first-order chi connectivity index (χ1) is 19.5. The minimum absolute atomic E-state index is 0.0327. The molecule has 4 aromatic rings. The van der Waals surface area contributed by atoms with Gasteiger partial charge in [0.15, 0.2) is 5.82 Å². The molecular weight excluding hydrogens is 497 g/mol. The van der Waals surface area contributed by atoms with Gasteiger partial charge in [0, 0.05) is 46.1 Å². The van der Waals surface area contributed by atoms with Crippen LogP contribution < -0.4 is 10.5 Å². The van der Waals surface area contributed by atoms with Gasteiger partial charge in [-0.25, -0.2) is 14.5 Å². The number of amides is 1. The molecule has 2 bridgehead atoms. The molecule has 3 aliphatic rings. The Labute approximate surface area is 219 Å². The summed E-state index contributed by atoms with van der Waals surface area (Å²) in [6.45, 7) is -6.00. The molecule has 0 unspecified atom stereocenters. The van der Waals surface area contributed by atoms with Crippen LogP contribution in [0.25, 0.3) is 16.6 Å². The third kappa shape index (κ3) is 3.20. The average Bonchev–Trinajstić information content (AvgIpc) is 3.39. The SMILES string of the molecule is [2H]C([2H])([2H])N1C(=O)c2cccc(OC(F)F)c2[C@H]2C[C@@H]1c1nn3ccc(-c4cnc(C5(N)CCC5)nc4F)cc3c12. The number of hydrogen-bond acceptors (Lipinski definition) is 6. The van der Waals surface area contributed by atoms with Gasteiger partial charge in [-0.1, -0.05) is 6.07 Å².